The van der Waals surface area contributed by atoms with Crippen molar-refractivity contribution in [2.75, 3.05) is 0 Å². The van der Waals surface area contributed by atoms with Crippen LogP contribution in [-0.2, 0) is 22.6 Å². The Kier molecular flexibility index (Phi) is 4.91. The maximum atomic E-state index is 13.0. The lowest BCUT2D eigenvalue weighted by molar-refractivity contribution is -0.157. The summed E-state index contributed by atoms with van der Waals surface area (Å²) in [5, 5.41) is 9.88. The molecule has 1 fully saturated rings. The SMILES string of the molecule is N#Cc1ccc(COC(=O)C2(Cc3nc4ccccc4s3)CCCC2)cc1. The molecule has 5 heteroatoms. The van der Waals surface area contributed by atoms with Crippen molar-refractivity contribution in [1.82, 2.24) is 4.98 Å². The van der Waals surface area contributed by atoms with E-state index in [0.29, 0.717) is 12.0 Å². The zero-order valence-electron chi connectivity index (χ0n) is 15.0. The number of nitriles is 1. The third-order valence-corrected chi connectivity index (χ3v) is 6.31. The molecule has 1 saturated carbocycles. The van der Waals surface area contributed by atoms with Gasteiger partial charge in [-0.25, -0.2) is 4.98 Å². The number of thiazole rings is 1. The number of ether oxygens (including phenoxy) is 1. The molecule has 0 N–H and O–H groups in total. The van der Waals surface area contributed by atoms with Crippen LogP contribution in [0.5, 0.6) is 0 Å². The number of hydrogen-bond acceptors (Lipinski definition) is 5. The molecule has 0 radical (unpaired) electrons. The largest absolute Gasteiger partial charge is 0.460 e. The quantitative estimate of drug-likeness (QED) is 0.587. The normalized spacial score (nSPS) is 15.5. The summed E-state index contributed by atoms with van der Waals surface area (Å²) >= 11 is 1.67. The lowest BCUT2D eigenvalue weighted by Crippen LogP contribution is -2.32. The summed E-state index contributed by atoms with van der Waals surface area (Å²) in [7, 11) is 0. The van der Waals surface area contributed by atoms with Gasteiger partial charge in [-0.05, 0) is 42.7 Å². The minimum absolute atomic E-state index is 0.122. The van der Waals surface area contributed by atoms with E-state index in [1.807, 2.05) is 30.3 Å². The Morgan fingerprint density at radius 1 is 1.15 bits per heavy atom. The second kappa shape index (κ2) is 7.50. The second-order valence-electron chi connectivity index (χ2n) is 7.12. The summed E-state index contributed by atoms with van der Waals surface area (Å²) < 4.78 is 6.85. The summed E-state index contributed by atoms with van der Waals surface area (Å²) in [5.74, 6) is -0.122. The van der Waals surface area contributed by atoms with E-state index < -0.39 is 5.41 Å². The number of nitrogens with zero attached hydrogens (tertiary/aromatic N) is 2. The molecule has 0 bridgehead atoms. The van der Waals surface area contributed by atoms with Crippen molar-refractivity contribution in [2.45, 2.75) is 38.7 Å². The minimum Gasteiger partial charge on any atom is -0.460 e. The third-order valence-electron chi connectivity index (χ3n) is 5.27. The van der Waals surface area contributed by atoms with Crippen molar-refractivity contribution in [2.24, 2.45) is 5.41 Å². The van der Waals surface area contributed by atoms with Gasteiger partial charge in [-0.1, -0.05) is 37.1 Å². The average Bonchev–Trinajstić information content (AvgIpc) is 3.33. The molecule has 2 aromatic carbocycles. The molecule has 4 nitrogen and oxygen atoms in total. The number of rotatable bonds is 5. The Morgan fingerprint density at radius 3 is 2.59 bits per heavy atom. The van der Waals surface area contributed by atoms with Crippen LogP contribution in [0, 0.1) is 16.7 Å². The maximum absolute atomic E-state index is 13.0. The van der Waals surface area contributed by atoms with Crippen LogP contribution in [0.1, 0.15) is 41.8 Å². The lowest BCUT2D eigenvalue weighted by Gasteiger charge is -2.25. The maximum Gasteiger partial charge on any atom is 0.312 e. The zero-order valence-corrected chi connectivity index (χ0v) is 15.8. The molecule has 4 rings (SSSR count). The van der Waals surface area contributed by atoms with Crippen molar-refractivity contribution in [3.8, 4) is 6.07 Å². The Morgan fingerprint density at radius 2 is 1.89 bits per heavy atom. The molecular weight excluding hydrogens is 356 g/mol. The van der Waals surface area contributed by atoms with E-state index in [4.69, 9.17) is 15.0 Å². The molecule has 1 aliphatic carbocycles. The Labute approximate surface area is 162 Å². The summed E-state index contributed by atoms with van der Waals surface area (Å²) in [5.41, 5.74) is 2.04. The topological polar surface area (TPSA) is 63.0 Å². The van der Waals surface area contributed by atoms with E-state index >= 15 is 0 Å². The summed E-state index contributed by atoms with van der Waals surface area (Å²) in [6, 6.07) is 17.3. The van der Waals surface area contributed by atoms with Gasteiger partial charge in [0.05, 0.1) is 32.3 Å². The molecule has 0 aliphatic heterocycles. The average molecular weight is 376 g/mol. The molecule has 0 atom stereocenters. The van der Waals surface area contributed by atoms with Gasteiger partial charge in [0.2, 0.25) is 0 Å². The number of aromatic nitrogens is 1. The van der Waals surface area contributed by atoms with Crippen LogP contribution in [0.25, 0.3) is 10.2 Å². The predicted octanol–water partition coefficient (Wildman–Crippen LogP) is 5.01. The van der Waals surface area contributed by atoms with E-state index in [1.54, 1.807) is 23.5 Å². The Hall–Kier alpha value is -2.71. The van der Waals surface area contributed by atoms with Gasteiger partial charge >= 0.3 is 5.97 Å². The summed E-state index contributed by atoms with van der Waals surface area (Å²) in [6.07, 6.45) is 4.47. The highest BCUT2D eigenvalue weighted by molar-refractivity contribution is 7.18. The summed E-state index contributed by atoms with van der Waals surface area (Å²) in [4.78, 5) is 17.7. The fraction of sp³-hybridized carbons (Fsp3) is 0.318. The molecule has 0 saturated heterocycles. The van der Waals surface area contributed by atoms with Crippen LogP contribution in [0.2, 0.25) is 0 Å². The van der Waals surface area contributed by atoms with Gasteiger partial charge in [0.1, 0.15) is 6.61 Å². The van der Waals surface area contributed by atoms with Crippen molar-refractivity contribution in [3.05, 3.63) is 64.7 Å². The third kappa shape index (κ3) is 3.72. The number of esters is 1. The molecule has 136 valence electrons. The van der Waals surface area contributed by atoms with Gasteiger partial charge in [-0.15, -0.1) is 11.3 Å². The van der Waals surface area contributed by atoms with Crippen LogP contribution >= 0.6 is 11.3 Å². The number of carbonyl (C=O) groups excluding carboxylic acids is 1. The number of carbonyl (C=O) groups is 1. The van der Waals surface area contributed by atoms with E-state index in [9.17, 15) is 4.79 Å². The standard InChI is InChI=1S/C22H20N2O2S/c23-14-16-7-9-17(10-8-16)15-26-21(25)22(11-3-4-12-22)13-20-24-18-5-1-2-6-19(18)27-20/h1-2,5-10H,3-4,11-13,15H2. The van der Waals surface area contributed by atoms with Gasteiger partial charge < -0.3 is 4.74 Å². The zero-order chi connectivity index (χ0) is 18.7. The van der Waals surface area contributed by atoms with E-state index in [1.165, 1.54) is 0 Å². The fourth-order valence-electron chi connectivity index (χ4n) is 3.77. The van der Waals surface area contributed by atoms with Gasteiger partial charge in [0.15, 0.2) is 0 Å². The molecule has 27 heavy (non-hydrogen) atoms. The molecule has 0 amide bonds. The highest BCUT2D eigenvalue weighted by Gasteiger charge is 2.43. The molecule has 1 heterocycles. The Bertz CT molecular complexity index is 962. The van der Waals surface area contributed by atoms with Crippen LogP contribution < -0.4 is 0 Å². The van der Waals surface area contributed by atoms with Crippen LogP contribution in [0.4, 0.5) is 0 Å². The first-order valence-corrected chi connectivity index (χ1v) is 10.0. The molecule has 3 aromatic rings. The van der Waals surface area contributed by atoms with E-state index in [0.717, 1.165) is 46.5 Å². The van der Waals surface area contributed by atoms with Crippen LogP contribution in [0.15, 0.2) is 48.5 Å². The first-order chi connectivity index (χ1) is 13.2. The smallest absolute Gasteiger partial charge is 0.312 e. The van der Waals surface area contributed by atoms with Crippen molar-refractivity contribution < 1.29 is 9.53 Å². The highest BCUT2D eigenvalue weighted by Crippen LogP contribution is 2.43. The number of benzene rings is 2. The molecular formula is C22H20N2O2S. The number of fused-ring (bicyclic) bond motifs is 1. The molecule has 0 spiro atoms. The molecule has 0 unspecified atom stereocenters. The van der Waals surface area contributed by atoms with Crippen molar-refractivity contribution >= 4 is 27.5 Å². The second-order valence-corrected chi connectivity index (χ2v) is 8.24. The molecule has 1 aromatic heterocycles. The number of para-hydroxylation sites is 1. The first kappa shape index (κ1) is 17.7. The van der Waals surface area contributed by atoms with Crippen molar-refractivity contribution in [3.63, 3.8) is 0 Å². The van der Waals surface area contributed by atoms with E-state index in [2.05, 4.69) is 12.1 Å². The van der Waals surface area contributed by atoms with Gasteiger partial charge in [-0.3, -0.25) is 4.79 Å². The lowest BCUT2D eigenvalue weighted by atomic mass is 9.83. The number of hydrogen-bond donors (Lipinski definition) is 0. The van der Waals surface area contributed by atoms with Gasteiger partial charge in [0, 0.05) is 6.42 Å². The first-order valence-electron chi connectivity index (χ1n) is 9.19. The predicted molar refractivity (Wildman–Crippen MR) is 105 cm³/mol. The molecule has 1 aliphatic rings. The fourth-order valence-corrected chi connectivity index (χ4v) is 4.88. The van der Waals surface area contributed by atoms with E-state index in [-0.39, 0.29) is 12.6 Å². The van der Waals surface area contributed by atoms with Gasteiger partial charge in [0.25, 0.3) is 0 Å². The minimum atomic E-state index is -0.458. The van der Waals surface area contributed by atoms with Gasteiger partial charge in [-0.2, -0.15) is 5.26 Å². The monoisotopic (exact) mass is 376 g/mol. The summed E-state index contributed by atoms with van der Waals surface area (Å²) in [6.45, 7) is 0.242. The van der Waals surface area contributed by atoms with Crippen LogP contribution in [-0.4, -0.2) is 11.0 Å². The van der Waals surface area contributed by atoms with Crippen LogP contribution in [0.3, 0.4) is 0 Å². The Balaban J connectivity index is 1.48. The highest BCUT2D eigenvalue weighted by atomic mass is 32.1. The van der Waals surface area contributed by atoms with Crippen molar-refractivity contribution in [1.29, 1.82) is 5.26 Å².